The van der Waals surface area contributed by atoms with E-state index in [0.717, 1.165) is 30.7 Å². The molecule has 1 unspecified atom stereocenters. The molecule has 1 aromatic rings. The number of carbonyl (C=O) groups is 1. The van der Waals surface area contributed by atoms with Crippen LogP contribution in [0.15, 0.2) is 24.5 Å². The summed E-state index contributed by atoms with van der Waals surface area (Å²) in [5, 5.41) is 0. The van der Waals surface area contributed by atoms with E-state index in [-0.39, 0.29) is 11.3 Å². The van der Waals surface area contributed by atoms with Crippen LogP contribution < -0.4 is 0 Å². The Morgan fingerprint density at radius 2 is 2.00 bits per heavy atom. The third-order valence-corrected chi connectivity index (χ3v) is 9.59. The number of nitrogens with zero attached hydrogens (tertiary/aromatic N) is 2. The molecule has 3 fully saturated rings. The van der Waals surface area contributed by atoms with Crippen molar-refractivity contribution in [1.29, 1.82) is 0 Å². The van der Waals surface area contributed by atoms with Gasteiger partial charge in [0.2, 0.25) is 5.91 Å². The Balaban J connectivity index is 1.43. The molecule has 0 radical (unpaired) electrons. The van der Waals surface area contributed by atoms with Crippen molar-refractivity contribution in [3.05, 3.63) is 35.7 Å². The molecule has 2 heterocycles. The minimum Gasteiger partial charge on any atom is -0.339 e. The first-order valence-electron chi connectivity index (χ1n) is 11.8. The molecule has 1 aromatic heterocycles. The van der Waals surface area contributed by atoms with Gasteiger partial charge in [-0.2, -0.15) is 0 Å². The zero-order valence-electron chi connectivity index (χ0n) is 18.6. The van der Waals surface area contributed by atoms with E-state index >= 15 is 0 Å². The van der Waals surface area contributed by atoms with E-state index in [0.29, 0.717) is 11.5 Å². The molecule has 1 amide bonds. The van der Waals surface area contributed by atoms with E-state index in [2.05, 4.69) is 49.0 Å². The van der Waals surface area contributed by atoms with Crippen molar-refractivity contribution in [3.8, 4) is 0 Å². The van der Waals surface area contributed by atoms with Crippen LogP contribution in [0.25, 0.3) is 5.57 Å². The summed E-state index contributed by atoms with van der Waals surface area (Å²) in [4.78, 5) is 19.0. The molecular weight excluding hydrogens is 356 g/mol. The zero-order valence-corrected chi connectivity index (χ0v) is 18.6. The molecular formula is C26H36N2O. The van der Waals surface area contributed by atoms with Gasteiger partial charge < -0.3 is 4.90 Å². The van der Waals surface area contributed by atoms with Gasteiger partial charge in [-0.05, 0) is 96.3 Å². The monoisotopic (exact) mass is 392 g/mol. The minimum absolute atomic E-state index is 0.283. The minimum atomic E-state index is 0.283. The molecule has 0 N–H and O–H groups in total. The topological polar surface area (TPSA) is 33.2 Å². The Kier molecular flexibility index (Phi) is 4.46. The maximum atomic E-state index is 12.2. The molecule has 0 spiro atoms. The van der Waals surface area contributed by atoms with Gasteiger partial charge >= 0.3 is 0 Å². The van der Waals surface area contributed by atoms with Crippen molar-refractivity contribution in [2.24, 2.45) is 28.6 Å². The van der Waals surface area contributed by atoms with E-state index in [9.17, 15) is 4.79 Å². The number of aryl methyl sites for hydroxylation is 1. The van der Waals surface area contributed by atoms with Crippen molar-refractivity contribution in [3.63, 3.8) is 0 Å². The number of aromatic nitrogens is 1. The molecule has 3 heteroatoms. The summed E-state index contributed by atoms with van der Waals surface area (Å²) in [6.45, 7) is 10.0. The van der Waals surface area contributed by atoms with E-state index in [1.54, 1.807) is 12.5 Å². The molecule has 156 valence electrons. The van der Waals surface area contributed by atoms with Crippen molar-refractivity contribution in [1.82, 2.24) is 9.88 Å². The van der Waals surface area contributed by atoms with Crippen LogP contribution in [0.3, 0.4) is 0 Å². The fourth-order valence-electron chi connectivity index (χ4n) is 8.04. The molecule has 3 aliphatic carbocycles. The predicted molar refractivity (Wildman–Crippen MR) is 117 cm³/mol. The van der Waals surface area contributed by atoms with Crippen molar-refractivity contribution < 1.29 is 4.79 Å². The summed E-state index contributed by atoms with van der Waals surface area (Å²) < 4.78 is 0. The number of hydrogen-bond donors (Lipinski definition) is 0. The molecule has 1 aliphatic heterocycles. The SMILES string of the molecule is CCc1cncc(C2=CC[C@H]3[C@@H]4CCC5N(C(C)=O)CC[C@]5(C)[C@H]4CC[C@]23C)c1. The quantitative estimate of drug-likeness (QED) is 0.666. The number of likely N-dealkylation sites (tertiary alicyclic amines) is 1. The third-order valence-electron chi connectivity index (χ3n) is 9.59. The van der Waals surface area contributed by atoms with Gasteiger partial charge in [0.05, 0.1) is 0 Å². The Morgan fingerprint density at radius 3 is 2.76 bits per heavy atom. The van der Waals surface area contributed by atoms with E-state index < -0.39 is 0 Å². The number of carbonyl (C=O) groups excluding carboxylic acids is 1. The van der Waals surface area contributed by atoms with Crippen molar-refractivity contribution in [2.45, 2.75) is 78.7 Å². The second-order valence-corrected chi connectivity index (χ2v) is 10.7. The lowest BCUT2D eigenvalue weighted by molar-refractivity contribution is -0.134. The molecule has 2 saturated carbocycles. The highest BCUT2D eigenvalue weighted by molar-refractivity contribution is 5.74. The molecule has 0 aromatic carbocycles. The first-order valence-corrected chi connectivity index (χ1v) is 11.8. The van der Waals surface area contributed by atoms with E-state index in [4.69, 9.17) is 0 Å². The van der Waals surface area contributed by atoms with Crippen LogP contribution in [0.4, 0.5) is 0 Å². The van der Waals surface area contributed by atoms with Gasteiger partial charge in [-0.1, -0.05) is 26.8 Å². The molecule has 4 aliphatic rings. The molecule has 29 heavy (non-hydrogen) atoms. The Bertz CT molecular complexity index is 860. The van der Waals surface area contributed by atoms with Crippen molar-refractivity contribution >= 4 is 11.5 Å². The second-order valence-electron chi connectivity index (χ2n) is 10.7. The van der Waals surface area contributed by atoms with Crippen LogP contribution in [0.1, 0.15) is 77.3 Å². The number of allylic oxidation sites excluding steroid dienone is 2. The molecule has 1 saturated heterocycles. The second kappa shape index (κ2) is 6.68. The summed E-state index contributed by atoms with van der Waals surface area (Å²) >= 11 is 0. The normalized spacial score (nSPS) is 40.8. The number of fused-ring (bicyclic) bond motifs is 5. The van der Waals surface area contributed by atoms with Crippen molar-refractivity contribution in [2.75, 3.05) is 6.54 Å². The standard InChI is InChI=1S/C26H36N2O/c1-5-18-14-19(16-27-15-18)21-7-8-22-20-6-9-24-26(4,12-13-28(24)17(2)29)23(20)10-11-25(21,22)3/h7,14-16,20,22-24H,5-6,8-13H2,1-4H3/t20-,22-,23-,24?,25+,26+/m0/s1. The van der Waals surface area contributed by atoms with Gasteiger partial charge in [0, 0.05) is 31.9 Å². The average Bonchev–Trinajstić information content (AvgIpc) is 3.25. The fraction of sp³-hybridized carbons (Fsp3) is 0.692. The Morgan fingerprint density at radius 1 is 1.17 bits per heavy atom. The maximum Gasteiger partial charge on any atom is 0.219 e. The predicted octanol–water partition coefficient (Wildman–Crippen LogP) is 5.50. The number of rotatable bonds is 2. The number of hydrogen-bond acceptors (Lipinski definition) is 2. The van der Waals surface area contributed by atoms with E-state index in [1.807, 2.05) is 6.20 Å². The largest absolute Gasteiger partial charge is 0.339 e. The number of pyridine rings is 1. The van der Waals surface area contributed by atoms with Crippen LogP contribution in [0, 0.1) is 28.6 Å². The molecule has 5 rings (SSSR count). The maximum absolute atomic E-state index is 12.2. The van der Waals surface area contributed by atoms with Gasteiger partial charge in [-0.25, -0.2) is 0 Å². The molecule has 0 bridgehead atoms. The molecule has 3 nitrogen and oxygen atoms in total. The highest BCUT2D eigenvalue weighted by Gasteiger charge is 2.60. The van der Waals surface area contributed by atoms with Crippen LogP contribution in [0.2, 0.25) is 0 Å². The first kappa shape index (κ1) is 19.3. The first-order chi connectivity index (χ1) is 13.9. The van der Waals surface area contributed by atoms with Crippen LogP contribution in [0.5, 0.6) is 0 Å². The number of amides is 1. The smallest absolute Gasteiger partial charge is 0.219 e. The fourth-order valence-corrected chi connectivity index (χ4v) is 8.04. The molecule has 6 atom stereocenters. The van der Waals surface area contributed by atoms with E-state index in [1.165, 1.54) is 49.7 Å². The van der Waals surface area contributed by atoms with Gasteiger partial charge in [0.25, 0.3) is 0 Å². The van der Waals surface area contributed by atoms with Gasteiger partial charge in [-0.15, -0.1) is 0 Å². The Labute approximate surface area is 176 Å². The lowest BCUT2D eigenvalue weighted by Gasteiger charge is -2.57. The highest BCUT2D eigenvalue weighted by Crippen LogP contribution is 2.66. The zero-order chi connectivity index (χ0) is 20.4. The summed E-state index contributed by atoms with van der Waals surface area (Å²) in [5.41, 5.74) is 4.87. The third kappa shape index (κ3) is 2.68. The van der Waals surface area contributed by atoms with Crippen LogP contribution in [-0.4, -0.2) is 28.4 Å². The summed E-state index contributed by atoms with van der Waals surface area (Å²) in [5.74, 6) is 2.62. The lowest BCUT2D eigenvalue weighted by Crippen LogP contribution is -2.54. The average molecular weight is 393 g/mol. The van der Waals surface area contributed by atoms with Gasteiger partial charge in [-0.3, -0.25) is 9.78 Å². The summed E-state index contributed by atoms with van der Waals surface area (Å²) in [7, 11) is 0. The Hall–Kier alpha value is -1.64. The van der Waals surface area contributed by atoms with Crippen LogP contribution in [-0.2, 0) is 11.2 Å². The van der Waals surface area contributed by atoms with Crippen LogP contribution >= 0.6 is 0 Å². The summed E-state index contributed by atoms with van der Waals surface area (Å²) in [6.07, 6.45) is 15.2. The highest BCUT2D eigenvalue weighted by atomic mass is 16.2. The lowest BCUT2D eigenvalue weighted by atomic mass is 9.48. The summed E-state index contributed by atoms with van der Waals surface area (Å²) in [6, 6.07) is 2.85. The van der Waals surface area contributed by atoms with Gasteiger partial charge in [0.1, 0.15) is 0 Å². The van der Waals surface area contributed by atoms with Gasteiger partial charge in [0.15, 0.2) is 0 Å².